The molecule has 0 aromatic rings. The van der Waals surface area contributed by atoms with E-state index >= 15 is 0 Å². The highest BCUT2D eigenvalue weighted by Gasteiger charge is 2.69. The zero-order chi connectivity index (χ0) is 21.0. The SMILES string of the molecule is C=C1C(=O)O[C@H]2[C@H]1[C@H](OC(=O)/C(C)=C\C)C[C@](O)(CCl)[C@@H]1[C@@H](O)C=C(C)[C@]21O. The van der Waals surface area contributed by atoms with E-state index in [1.54, 1.807) is 26.8 Å². The summed E-state index contributed by atoms with van der Waals surface area (Å²) in [5, 5.41) is 33.5. The molecule has 2 fully saturated rings. The Morgan fingerprint density at radius 3 is 2.71 bits per heavy atom. The second-order valence-electron chi connectivity index (χ2n) is 7.88. The smallest absolute Gasteiger partial charge is 0.334 e. The van der Waals surface area contributed by atoms with Gasteiger partial charge in [-0.1, -0.05) is 18.7 Å². The molecule has 3 aliphatic rings. The molecule has 0 amide bonds. The maximum Gasteiger partial charge on any atom is 0.334 e. The molecule has 28 heavy (non-hydrogen) atoms. The van der Waals surface area contributed by atoms with Gasteiger partial charge in [0, 0.05) is 17.6 Å². The number of fused-ring (bicyclic) bond motifs is 3. The molecule has 0 aromatic carbocycles. The number of hydrogen-bond acceptors (Lipinski definition) is 7. The lowest BCUT2D eigenvalue weighted by Crippen LogP contribution is -2.59. The predicted octanol–water partition coefficient (Wildman–Crippen LogP) is 1.00. The van der Waals surface area contributed by atoms with Gasteiger partial charge in [-0.2, -0.15) is 0 Å². The number of alkyl halides is 1. The number of ether oxygens (including phenoxy) is 2. The van der Waals surface area contributed by atoms with Crippen LogP contribution in [-0.2, 0) is 19.1 Å². The van der Waals surface area contributed by atoms with Crippen LogP contribution in [0.4, 0.5) is 0 Å². The van der Waals surface area contributed by atoms with Crippen LogP contribution in [0.3, 0.4) is 0 Å². The van der Waals surface area contributed by atoms with Gasteiger partial charge in [0.1, 0.15) is 17.8 Å². The summed E-state index contributed by atoms with van der Waals surface area (Å²) >= 11 is 6.07. The third-order valence-corrected chi connectivity index (χ3v) is 6.77. The lowest BCUT2D eigenvalue weighted by atomic mass is 9.71. The molecule has 3 rings (SSSR count). The molecule has 1 aliphatic heterocycles. The highest BCUT2D eigenvalue weighted by molar-refractivity contribution is 6.18. The van der Waals surface area contributed by atoms with E-state index in [1.165, 1.54) is 6.08 Å². The fourth-order valence-corrected chi connectivity index (χ4v) is 4.96. The molecule has 0 bridgehead atoms. The molecule has 8 heteroatoms. The van der Waals surface area contributed by atoms with Crippen molar-refractivity contribution in [1.29, 1.82) is 0 Å². The first kappa shape index (κ1) is 21.0. The highest BCUT2D eigenvalue weighted by atomic mass is 35.5. The van der Waals surface area contributed by atoms with Gasteiger partial charge in [0.15, 0.2) is 0 Å². The van der Waals surface area contributed by atoms with Crippen LogP contribution in [0.25, 0.3) is 0 Å². The molecule has 154 valence electrons. The molecule has 3 N–H and O–H groups in total. The lowest BCUT2D eigenvalue weighted by Gasteiger charge is -2.43. The van der Waals surface area contributed by atoms with E-state index in [9.17, 15) is 24.9 Å². The summed E-state index contributed by atoms with van der Waals surface area (Å²) in [6, 6.07) is 0. The summed E-state index contributed by atoms with van der Waals surface area (Å²) in [4.78, 5) is 24.7. The molecular formula is C20H25ClO7. The largest absolute Gasteiger partial charge is 0.458 e. The summed E-state index contributed by atoms with van der Waals surface area (Å²) in [5.74, 6) is -3.71. The average molecular weight is 413 g/mol. The van der Waals surface area contributed by atoms with Gasteiger partial charge >= 0.3 is 11.9 Å². The molecule has 1 heterocycles. The van der Waals surface area contributed by atoms with Crippen molar-refractivity contribution in [2.75, 3.05) is 5.88 Å². The number of aliphatic hydroxyl groups is 3. The Hall–Kier alpha value is -1.67. The van der Waals surface area contributed by atoms with Crippen molar-refractivity contribution in [3.8, 4) is 0 Å². The number of allylic oxidation sites excluding steroid dienone is 1. The van der Waals surface area contributed by atoms with Crippen LogP contribution < -0.4 is 0 Å². The summed E-state index contributed by atoms with van der Waals surface area (Å²) in [6.07, 6.45) is -0.606. The zero-order valence-corrected chi connectivity index (χ0v) is 16.8. The molecular weight excluding hydrogens is 388 g/mol. The lowest BCUT2D eigenvalue weighted by molar-refractivity contribution is -0.173. The van der Waals surface area contributed by atoms with Crippen LogP contribution in [0.5, 0.6) is 0 Å². The second-order valence-corrected chi connectivity index (χ2v) is 8.14. The topological polar surface area (TPSA) is 113 Å². The van der Waals surface area contributed by atoms with Gasteiger partial charge in [-0.25, -0.2) is 9.59 Å². The third kappa shape index (κ3) is 2.84. The van der Waals surface area contributed by atoms with Crippen molar-refractivity contribution in [3.05, 3.63) is 35.5 Å². The zero-order valence-electron chi connectivity index (χ0n) is 16.0. The first-order chi connectivity index (χ1) is 13.0. The Bertz CT molecular complexity index is 787. The fraction of sp³-hybridized carbons (Fsp3) is 0.600. The van der Waals surface area contributed by atoms with Crippen LogP contribution in [0.15, 0.2) is 35.5 Å². The Morgan fingerprint density at radius 2 is 2.14 bits per heavy atom. The van der Waals surface area contributed by atoms with E-state index in [2.05, 4.69) is 6.58 Å². The number of carbonyl (C=O) groups excluding carboxylic acids is 2. The van der Waals surface area contributed by atoms with Crippen molar-refractivity contribution >= 4 is 23.5 Å². The normalized spacial score (nSPS) is 43.0. The van der Waals surface area contributed by atoms with E-state index in [4.69, 9.17) is 21.1 Å². The quantitative estimate of drug-likeness (QED) is 0.274. The molecule has 0 unspecified atom stereocenters. The van der Waals surface area contributed by atoms with Crippen LogP contribution in [0, 0.1) is 11.8 Å². The van der Waals surface area contributed by atoms with Crippen molar-refractivity contribution in [3.63, 3.8) is 0 Å². The molecule has 1 saturated heterocycles. The minimum atomic E-state index is -1.88. The Balaban J connectivity index is 2.14. The maximum atomic E-state index is 12.4. The molecule has 7 atom stereocenters. The van der Waals surface area contributed by atoms with Gasteiger partial charge < -0.3 is 24.8 Å². The Labute approximate surface area is 168 Å². The van der Waals surface area contributed by atoms with Gasteiger partial charge in [0.2, 0.25) is 0 Å². The van der Waals surface area contributed by atoms with Gasteiger partial charge in [-0.15, -0.1) is 11.6 Å². The van der Waals surface area contributed by atoms with Crippen molar-refractivity contribution in [2.24, 2.45) is 11.8 Å². The number of carbonyl (C=O) groups is 2. The molecule has 1 saturated carbocycles. The van der Waals surface area contributed by atoms with Gasteiger partial charge in [0.05, 0.1) is 29.4 Å². The number of hydrogen-bond donors (Lipinski definition) is 3. The summed E-state index contributed by atoms with van der Waals surface area (Å²) in [5.41, 5.74) is -2.92. The van der Waals surface area contributed by atoms with E-state index in [0.29, 0.717) is 11.1 Å². The predicted molar refractivity (Wildman–Crippen MR) is 100 cm³/mol. The van der Waals surface area contributed by atoms with Crippen molar-refractivity contribution in [2.45, 2.75) is 56.7 Å². The first-order valence-electron chi connectivity index (χ1n) is 9.12. The molecule has 0 radical (unpaired) electrons. The molecule has 7 nitrogen and oxygen atoms in total. The number of halogens is 1. The van der Waals surface area contributed by atoms with Crippen molar-refractivity contribution < 1.29 is 34.4 Å². The van der Waals surface area contributed by atoms with Crippen LogP contribution >= 0.6 is 11.6 Å². The van der Waals surface area contributed by atoms with Crippen LogP contribution in [-0.4, -0.2) is 62.7 Å². The fourth-order valence-electron chi connectivity index (χ4n) is 4.69. The number of aliphatic hydroxyl groups excluding tert-OH is 1. The van der Waals surface area contributed by atoms with E-state index < -0.39 is 53.3 Å². The number of esters is 2. The first-order valence-corrected chi connectivity index (χ1v) is 9.66. The van der Waals surface area contributed by atoms with E-state index in [1.807, 2.05) is 0 Å². The minimum Gasteiger partial charge on any atom is -0.458 e. The van der Waals surface area contributed by atoms with Gasteiger partial charge in [0.25, 0.3) is 0 Å². The van der Waals surface area contributed by atoms with Crippen LogP contribution in [0.1, 0.15) is 27.2 Å². The Kier molecular flexibility index (Phi) is 5.25. The molecule has 0 aromatic heterocycles. The number of rotatable bonds is 3. The van der Waals surface area contributed by atoms with Gasteiger partial charge in [-0.05, 0) is 26.3 Å². The third-order valence-electron chi connectivity index (χ3n) is 6.31. The van der Waals surface area contributed by atoms with Crippen molar-refractivity contribution in [1.82, 2.24) is 0 Å². The average Bonchev–Trinajstić information content (AvgIpc) is 3.04. The maximum absolute atomic E-state index is 12.4. The summed E-state index contributed by atoms with van der Waals surface area (Å²) in [6.45, 7) is 8.60. The van der Waals surface area contributed by atoms with E-state index in [0.717, 1.165) is 0 Å². The highest BCUT2D eigenvalue weighted by Crippen LogP contribution is 2.55. The van der Waals surface area contributed by atoms with Gasteiger partial charge in [-0.3, -0.25) is 0 Å². The Morgan fingerprint density at radius 1 is 1.50 bits per heavy atom. The molecule has 2 aliphatic carbocycles. The monoisotopic (exact) mass is 412 g/mol. The second kappa shape index (κ2) is 6.99. The summed E-state index contributed by atoms with van der Waals surface area (Å²) < 4.78 is 11.0. The minimum absolute atomic E-state index is 0.0427. The summed E-state index contributed by atoms with van der Waals surface area (Å²) in [7, 11) is 0. The van der Waals surface area contributed by atoms with E-state index in [-0.39, 0.29) is 17.9 Å². The van der Waals surface area contributed by atoms with Crippen LogP contribution in [0.2, 0.25) is 0 Å². The molecule has 0 spiro atoms. The standard InChI is InChI=1S/C20H25ClO7/c1-5-9(2)17(23)27-13-7-19(25,8-21)15-12(22)6-10(3)20(15,26)16-14(13)11(4)18(24)28-16/h5-6,12-16,22,25-26H,4,7-8H2,1-3H3/b9-5-/t12-,13+,14+,15-,16-,19-,20+/m0/s1.